The highest BCUT2D eigenvalue weighted by Gasteiger charge is 2.56. The maximum atomic E-state index is 15.3. The second kappa shape index (κ2) is 15.2. The Morgan fingerprint density at radius 3 is 2.24 bits per heavy atom. The molecule has 4 aromatic rings. The Bertz CT molecular complexity index is 2020. The number of amides is 2. The summed E-state index contributed by atoms with van der Waals surface area (Å²) in [4.78, 5) is 32.6. The number of nitrogens with zero attached hydrogens (tertiary/aromatic N) is 2. The molecule has 1 saturated heterocycles. The van der Waals surface area contributed by atoms with Gasteiger partial charge < -0.3 is 29.7 Å². The van der Waals surface area contributed by atoms with Crippen LogP contribution in [0, 0.1) is 23.0 Å². The fourth-order valence-electron chi connectivity index (χ4n) is 5.96. The van der Waals surface area contributed by atoms with E-state index in [1.54, 1.807) is 24.4 Å². The van der Waals surface area contributed by atoms with E-state index in [9.17, 15) is 22.4 Å². The van der Waals surface area contributed by atoms with Crippen LogP contribution < -0.4 is 29.6 Å². The molecule has 0 atom stereocenters. The molecule has 1 aliphatic carbocycles. The molecule has 51 heavy (non-hydrogen) atoms. The number of halogens is 2. The number of piperidine rings is 1. The normalized spacial score (nSPS) is 16.0. The van der Waals surface area contributed by atoms with Gasteiger partial charge in [-0.05, 0) is 93.2 Å². The highest BCUT2D eigenvalue weighted by molar-refractivity contribution is 7.88. The van der Waals surface area contributed by atoms with Gasteiger partial charge in [0.25, 0.3) is 0 Å². The first-order valence-corrected chi connectivity index (χ1v) is 18.4. The number of sulfonamides is 1. The highest BCUT2D eigenvalue weighted by atomic mass is 32.2. The third-order valence-electron chi connectivity index (χ3n) is 9.09. The molecule has 2 aliphatic rings. The number of ether oxygens (including phenoxy) is 3. The second-order valence-electron chi connectivity index (χ2n) is 12.8. The Morgan fingerprint density at radius 2 is 1.59 bits per heavy atom. The van der Waals surface area contributed by atoms with Gasteiger partial charge in [-0.2, -0.15) is 0 Å². The van der Waals surface area contributed by atoms with Gasteiger partial charge in [-0.25, -0.2) is 21.9 Å². The number of benzene rings is 3. The lowest BCUT2D eigenvalue weighted by atomic mass is 9.98. The number of nitrogens with one attached hydrogen (secondary N) is 3. The van der Waals surface area contributed by atoms with Crippen molar-refractivity contribution in [1.82, 2.24) is 14.6 Å². The van der Waals surface area contributed by atoms with Crippen molar-refractivity contribution in [2.75, 3.05) is 56.8 Å². The molecule has 0 spiro atoms. The summed E-state index contributed by atoms with van der Waals surface area (Å²) in [5, 5.41) is 5.85. The predicted molar refractivity (Wildman–Crippen MR) is 188 cm³/mol. The highest BCUT2D eigenvalue weighted by Crippen LogP contribution is 2.48. The van der Waals surface area contributed by atoms with Gasteiger partial charge in [0, 0.05) is 48.2 Å². The molecule has 2 heterocycles. The van der Waals surface area contributed by atoms with Gasteiger partial charge in [0.2, 0.25) is 21.8 Å². The van der Waals surface area contributed by atoms with E-state index in [0.29, 0.717) is 72.3 Å². The summed E-state index contributed by atoms with van der Waals surface area (Å²) in [7, 11) is -1.68. The number of likely N-dealkylation sites (tertiary alicyclic amines) is 1. The van der Waals surface area contributed by atoms with Crippen molar-refractivity contribution in [3.63, 3.8) is 0 Å². The van der Waals surface area contributed by atoms with Crippen LogP contribution in [0.3, 0.4) is 0 Å². The zero-order chi connectivity index (χ0) is 36.2. The average Bonchev–Trinajstić information content (AvgIpc) is 3.92. The SMILES string of the molecule is COc1cc2c(Oc3ccc(NC(=O)C4(C(=O)Nc5ccc(F)cc5)CC4)cc3F)ccnc2cc1OCC1CCN(CCNS(C)(=O)=O)CC1. The van der Waals surface area contributed by atoms with Crippen molar-refractivity contribution in [1.29, 1.82) is 0 Å². The number of anilines is 2. The fourth-order valence-corrected chi connectivity index (χ4v) is 6.42. The lowest BCUT2D eigenvalue weighted by Crippen LogP contribution is -2.40. The number of rotatable bonds is 14. The van der Waals surface area contributed by atoms with Gasteiger partial charge in [-0.1, -0.05) is 0 Å². The Kier molecular flexibility index (Phi) is 10.7. The molecular formula is C36H39F2N5O7S. The largest absolute Gasteiger partial charge is 0.493 e. The number of hydrogen-bond donors (Lipinski definition) is 3. The van der Waals surface area contributed by atoms with Crippen LogP contribution in [0.4, 0.5) is 20.2 Å². The molecule has 3 N–H and O–H groups in total. The van der Waals surface area contributed by atoms with Crippen LogP contribution in [-0.2, 0) is 19.6 Å². The molecular weight excluding hydrogens is 684 g/mol. The number of carbonyl (C=O) groups excluding carboxylic acids is 2. The molecule has 12 nitrogen and oxygen atoms in total. The van der Waals surface area contributed by atoms with E-state index in [1.165, 1.54) is 43.5 Å². The molecule has 270 valence electrons. The van der Waals surface area contributed by atoms with Gasteiger partial charge in [-0.3, -0.25) is 14.6 Å². The van der Waals surface area contributed by atoms with E-state index in [-0.39, 0.29) is 11.4 Å². The van der Waals surface area contributed by atoms with Gasteiger partial charge in [0.15, 0.2) is 23.1 Å². The number of carbonyl (C=O) groups is 2. The monoisotopic (exact) mass is 723 g/mol. The average molecular weight is 724 g/mol. The predicted octanol–water partition coefficient (Wildman–Crippen LogP) is 5.31. The van der Waals surface area contributed by atoms with E-state index in [4.69, 9.17) is 14.2 Å². The first-order valence-electron chi connectivity index (χ1n) is 16.5. The summed E-state index contributed by atoms with van der Waals surface area (Å²) in [6.07, 6.45) is 5.17. The number of hydrogen-bond acceptors (Lipinski definition) is 9. The molecule has 2 fully saturated rings. The van der Waals surface area contributed by atoms with Crippen LogP contribution in [0.1, 0.15) is 25.7 Å². The number of pyridine rings is 1. The number of methoxy groups -OCH3 is 1. The molecule has 1 aromatic heterocycles. The number of fused-ring (bicyclic) bond motifs is 1. The summed E-state index contributed by atoms with van der Waals surface area (Å²) in [5.74, 6) is -0.732. The smallest absolute Gasteiger partial charge is 0.240 e. The zero-order valence-electron chi connectivity index (χ0n) is 28.2. The van der Waals surface area contributed by atoms with E-state index >= 15 is 4.39 Å². The summed E-state index contributed by atoms with van der Waals surface area (Å²) < 4.78 is 71.5. The third kappa shape index (κ3) is 8.90. The minimum atomic E-state index is -3.20. The van der Waals surface area contributed by atoms with E-state index < -0.39 is 38.9 Å². The molecule has 1 saturated carbocycles. The molecule has 3 aromatic carbocycles. The summed E-state index contributed by atoms with van der Waals surface area (Å²) in [6, 6.07) is 14.3. The quantitative estimate of drug-likeness (QED) is 0.147. The summed E-state index contributed by atoms with van der Waals surface area (Å²) in [6.45, 7) is 3.20. The molecule has 0 radical (unpaired) electrons. The Balaban J connectivity index is 1.07. The lowest BCUT2D eigenvalue weighted by Gasteiger charge is -2.31. The van der Waals surface area contributed by atoms with Crippen molar-refractivity contribution in [2.24, 2.45) is 11.3 Å². The molecule has 0 bridgehead atoms. The maximum Gasteiger partial charge on any atom is 0.240 e. The molecule has 15 heteroatoms. The van der Waals surface area contributed by atoms with Crippen LogP contribution in [0.5, 0.6) is 23.0 Å². The first-order chi connectivity index (χ1) is 24.4. The van der Waals surface area contributed by atoms with Crippen LogP contribution in [-0.4, -0.2) is 76.3 Å². The van der Waals surface area contributed by atoms with Gasteiger partial charge in [0.05, 0.1) is 25.5 Å². The lowest BCUT2D eigenvalue weighted by molar-refractivity contribution is -0.131. The Labute approximate surface area is 294 Å². The van der Waals surface area contributed by atoms with Crippen LogP contribution in [0.25, 0.3) is 10.9 Å². The number of aromatic nitrogens is 1. The maximum absolute atomic E-state index is 15.3. The minimum absolute atomic E-state index is 0.0894. The van der Waals surface area contributed by atoms with Crippen molar-refractivity contribution < 1.29 is 41.0 Å². The van der Waals surface area contributed by atoms with Gasteiger partial charge >= 0.3 is 0 Å². The van der Waals surface area contributed by atoms with Crippen LogP contribution in [0.2, 0.25) is 0 Å². The fraction of sp³-hybridized carbons (Fsp3) is 0.361. The summed E-state index contributed by atoms with van der Waals surface area (Å²) >= 11 is 0. The van der Waals surface area contributed by atoms with Crippen molar-refractivity contribution >= 4 is 44.1 Å². The molecule has 0 unspecified atom stereocenters. The van der Waals surface area contributed by atoms with Crippen molar-refractivity contribution in [3.8, 4) is 23.0 Å². The van der Waals surface area contributed by atoms with Gasteiger partial charge in [0.1, 0.15) is 17.0 Å². The van der Waals surface area contributed by atoms with Gasteiger partial charge in [-0.15, -0.1) is 0 Å². The van der Waals surface area contributed by atoms with Crippen LogP contribution in [0.15, 0.2) is 66.9 Å². The van der Waals surface area contributed by atoms with Crippen molar-refractivity contribution in [3.05, 3.63) is 78.5 Å². The van der Waals surface area contributed by atoms with E-state index in [0.717, 1.165) is 38.3 Å². The van der Waals surface area contributed by atoms with Crippen LogP contribution >= 0.6 is 0 Å². The standard InChI is InChI=1S/C36H39F2N5O7S/c1-48-32-20-27-29(21-33(32)49-22-23-10-16-43(17-11-23)18-15-40-51(2,46)47)39-14-9-30(27)50-31-8-7-26(19-28(31)38)42-35(45)36(12-13-36)34(44)41-25-5-3-24(37)4-6-25/h3-9,14,19-21,23,40H,10-13,15-18,22H2,1-2H3,(H,41,44)(H,42,45). The second-order valence-corrected chi connectivity index (χ2v) is 14.7. The third-order valence-corrected chi connectivity index (χ3v) is 9.82. The van der Waals surface area contributed by atoms with E-state index in [2.05, 4.69) is 25.2 Å². The zero-order valence-corrected chi connectivity index (χ0v) is 29.0. The minimum Gasteiger partial charge on any atom is -0.493 e. The Hall–Kier alpha value is -4.86. The summed E-state index contributed by atoms with van der Waals surface area (Å²) in [5.41, 5.74) is -0.223. The molecule has 1 aliphatic heterocycles. The molecule has 2 amide bonds. The van der Waals surface area contributed by atoms with Crippen molar-refractivity contribution in [2.45, 2.75) is 25.7 Å². The topological polar surface area (TPSA) is 148 Å². The molecule has 6 rings (SSSR count). The Morgan fingerprint density at radius 1 is 0.902 bits per heavy atom. The first kappa shape index (κ1) is 35.9. The van der Waals surface area contributed by atoms with E-state index in [1.807, 2.05) is 0 Å².